The van der Waals surface area contributed by atoms with Gasteiger partial charge in [0.1, 0.15) is 0 Å². The smallest absolute Gasteiger partial charge is 0.220 e. The van der Waals surface area contributed by atoms with E-state index in [-0.39, 0.29) is 12.5 Å². The van der Waals surface area contributed by atoms with Crippen molar-refractivity contribution in [3.05, 3.63) is 48.6 Å². The maximum Gasteiger partial charge on any atom is 0.220 e. The largest absolute Gasteiger partial charge is 0.394 e. The number of hydrogen-bond donors (Lipinski definition) is 3. The molecular formula is C77H147NO3. The number of aliphatic hydroxyl groups is 2. The van der Waals surface area contributed by atoms with E-state index >= 15 is 0 Å². The lowest BCUT2D eigenvalue weighted by molar-refractivity contribution is -0.123. The van der Waals surface area contributed by atoms with Gasteiger partial charge in [-0.3, -0.25) is 4.79 Å². The number of aliphatic hydroxyl groups excluding tert-OH is 2. The number of carbonyl (C=O) groups excluding carboxylic acids is 1. The monoisotopic (exact) mass is 1130 g/mol. The van der Waals surface area contributed by atoms with E-state index in [1.54, 1.807) is 0 Å². The van der Waals surface area contributed by atoms with Crippen LogP contribution in [0.3, 0.4) is 0 Å². The minimum atomic E-state index is -0.660. The summed E-state index contributed by atoms with van der Waals surface area (Å²) in [6, 6.07) is -0.536. The summed E-state index contributed by atoms with van der Waals surface area (Å²) in [5.41, 5.74) is 0. The molecule has 3 N–H and O–H groups in total. The molecule has 0 aromatic carbocycles. The third kappa shape index (κ3) is 69.0. The van der Waals surface area contributed by atoms with Gasteiger partial charge in [0.25, 0.3) is 0 Å². The highest BCUT2D eigenvalue weighted by Gasteiger charge is 2.20. The van der Waals surface area contributed by atoms with Gasteiger partial charge in [0.15, 0.2) is 0 Å². The van der Waals surface area contributed by atoms with Crippen molar-refractivity contribution in [3.63, 3.8) is 0 Å². The Morgan fingerprint density at radius 1 is 0.309 bits per heavy atom. The molecule has 0 fully saturated rings. The molecule has 2 unspecified atom stereocenters. The summed E-state index contributed by atoms with van der Waals surface area (Å²) in [6.45, 7) is 4.29. The normalized spacial score (nSPS) is 12.9. The van der Waals surface area contributed by atoms with E-state index < -0.39 is 12.1 Å². The quantitative estimate of drug-likeness (QED) is 0.0420. The number of hydrogen-bond acceptors (Lipinski definition) is 3. The van der Waals surface area contributed by atoms with Crippen LogP contribution in [0.1, 0.15) is 418 Å². The van der Waals surface area contributed by atoms with Crippen LogP contribution in [-0.4, -0.2) is 34.9 Å². The molecule has 4 heteroatoms. The van der Waals surface area contributed by atoms with Crippen LogP contribution in [-0.2, 0) is 4.79 Å². The summed E-state index contributed by atoms with van der Waals surface area (Å²) in [6.07, 6.45) is 102. The van der Waals surface area contributed by atoms with Gasteiger partial charge < -0.3 is 15.5 Å². The van der Waals surface area contributed by atoms with Crippen LogP contribution in [0.5, 0.6) is 0 Å². The Morgan fingerprint density at radius 3 is 0.815 bits per heavy atom. The predicted octanol–water partition coefficient (Wildman–Crippen LogP) is 25.7. The number of rotatable bonds is 70. The molecule has 0 saturated carbocycles. The van der Waals surface area contributed by atoms with Crippen molar-refractivity contribution in [1.82, 2.24) is 5.32 Å². The van der Waals surface area contributed by atoms with Crippen LogP contribution in [0.25, 0.3) is 0 Å². The molecule has 1 amide bonds. The zero-order valence-corrected chi connectivity index (χ0v) is 55.3. The van der Waals surface area contributed by atoms with Gasteiger partial charge in [-0.05, 0) is 51.4 Å². The molecule has 0 bridgehead atoms. The Kier molecular flexibility index (Phi) is 71.1. The average Bonchev–Trinajstić information content (AvgIpc) is 3.47. The third-order valence-corrected chi connectivity index (χ3v) is 17.6. The molecule has 2 atom stereocenters. The summed E-state index contributed by atoms with van der Waals surface area (Å²) in [5.74, 6) is -0.0215. The van der Waals surface area contributed by atoms with Gasteiger partial charge in [0, 0.05) is 6.42 Å². The highest BCUT2D eigenvalue weighted by atomic mass is 16.3. The van der Waals surface area contributed by atoms with E-state index in [2.05, 4.69) is 67.8 Å². The van der Waals surface area contributed by atoms with Crippen molar-refractivity contribution in [3.8, 4) is 0 Å². The molecule has 0 aliphatic carbocycles. The molecule has 0 saturated heterocycles. The van der Waals surface area contributed by atoms with Gasteiger partial charge in [0.2, 0.25) is 5.91 Å². The molecule has 0 radical (unpaired) electrons. The fourth-order valence-electron chi connectivity index (χ4n) is 12.0. The molecule has 0 aromatic heterocycles. The molecule has 478 valence electrons. The summed E-state index contributed by atoms with van der Waals surface area (Å²) in [4.78, 5) is 12.6. The Balaban J connectivity index is 3.37. The number of amides is 1. The van der Waals surface area contributed by atoms with E-state index in [1.165, 1.54) is 340 Å². The second kappa shape index (κ2) is 72.6. The molecular weight excluding hydrogens is 987 g/mol. The molecule has 0 aromatic rings. The molecule has 0 heterocycles. The highest BCUT2D eigenvalue weighted by molar-refractivity contribution is 5.76. The summed E-state index contributed by atoms with van der Waals surface area (Å²) < 4.78 is 0. The molecule has 0 spiro atoms. The Labute approximate surface area is 509 Å². The summed E-state index contributed by atoms with van der Waals surface area (Å²) >= 11 is 0. The lowest BCUT2D eigenvalue weighted by atomic mass is 10.0. The molecule has 0 aliphatic rings. The van der Waals surface area contributed by atoms with Crippen LogP contribution in [0, 0.1) is 0 Å². The summed E-state index contributed by atoms with van der Waals surface area (Å²) in [5, 5.41) is 23.5. The SMILES string of the molecule is CC/C=C\C/C=C\C/C=C\C/C=C\CCCCCCCCCCCCCCCCCCCCCCCCCCCCC(=O)NC(CO)C(O)CCCCCCCCCCCCCCCCCCCCCCCCCCCCCCCC. The first kappa shape index (κ1) is 79.3. The Hall–Kier alpha value is -1.65. The van der Waals surface area contributed by atoms with Crippen molar-refractivity contribution in [1.29, 1.82) is 0 Å². The zero-order valence-electron chi connectivity index (χ0n) is 55.3. The number of carbonyl (C=O) groups is 1. The second-order valence-electron chi connectivity index (χ2n) is 25.7. The van der Waals surface area contributed by atoms with E-state index in [0.29, 0.717) is 12.8 Å². The van der Waals surface area contributed by atoms with Crippen LogP contribution >= 0.6 is 0 Å². The van der Waals surface area contributed by atoms with Crippen molar-refractivity contribution in [2.75, 3.05) is 6.61 Å². The van der Waals surface area contributed by atoms with Crippen molar-refractivity contribution >= 4 is 5.91 Å². The van der Waals surface area contributed by atoms with Gasteiger partial charge in [-0.25, -0.2) is 0 Å². The number of allylic oxidation sites excluding steroid dienone is 8. The van der Waals surface area contributed by atoms with Crippen LogP contribution in [0.4, 0.5) is 0 Å². The minimum Gasteiger partial charge on any atom is -0.394 e. The highest BCUT2D eigenvalue weighted by Crippen LogP contribution is 2.20. The Morgan fingerprint density at radius 2 is 0.543 bits per heavy atom. The standard InChI is InChI=1S/C77H147NO3/c1-3-5-7-9-11-13-15-17-19-21-23-25-27-29-31-33-35-36-37-38-39-40-41-42-43-45-47-49-51-53-55-57-59-61-63-65-67-69-71-73-77(81)78-75(74-79)76(80)72-70-68-66-64-62-60-58-56-54-52-50-48-46-44-34-32-30-28-26-24-22-20-18-16-14-12-10-8-6-4-2/h5,7,11,13,17,19,23,25,75-76,79-80H,3-4,6,8-10,12,14-16,18,20-22,24,26-74H2,1-2H3,(H,78,81)/b7-5-,13-11-,19-17-,25-23-. The van der Waals surface area contributed by atoms with E-state index in [9.17, 15) is 15.0 Å². The third-order valence-electron chi connectivity index (χ3n) is 17.6. The summed E-state index contributed by atoms with van der Waals surface area (Å²) in [7, 11) is 0. The number of nitrogens with one attached hydrogen (secondary N) is 1. The topological polar surface area (TPSA) is 69.6 Å². The molecule has 81 heavy (non-hydrogen) atoms. The lowest BCUT2D eigenvalue weighted by Gasteiger charge is -2.22. The minimum absolute atomic E-state index is 0.0215. The van der Waals surface area contributed by atoms with Gasteiger partial charge >= 0.3 is 0 Å². The van der Waals surface area contributed by atoms with Crippen molar-refractivity contribution in [2.24, 2.45) is 0 Å². The van der Waals surface area contributed by atoms with E-state index in [4.69, 9.17) is 0 Å². The van der Waals surface area contributed by atoms with Crippen LogP contribution < -0.4 is 5.32 Å². The van der Waals surface area contributed by atoms with Gasteiger partial charge in [0.05, 0.1) is 18.8 Å². The van der Waals surface area contributed by atoms with Gasteiger partial charge in [-0.2, -0.15) is 0 Å². The van der Waals surface area contributed by atoms with Gasteiger partial charge in [-0.15, -0.1) is 0 Å². The first-order valence-electron chi connectivity index (χ1n) is 37.3. The predicted molar refractivity (Wildman–Crippen MR) is 364 cm³/mol. The number of unbranched alkanes of at least 4 members (excludes halogenated alkanes) is 55. The fraction of sp³-hybridized carbons (Fsp3) is 0.883. The van der Waals surface area contributed by atoms with E-state index in [1.807, 2.05) is 0 Å². The average molecular weight is 1140 g/mol. The first-order valence-corrected chi connectivity index (χ1v) is 37.3. The molecule has 4 nitrogen and oxygen atoms in total. The van der Waals surface area contributed by atoms with E-state index in [0.717, 1.165) is 51.4 Å². The van der Waals surface area contributed by atoms with Gasteiger partial charge in [-0.1, -0.05) is 409 Å². The second-order valence-corrected chi connectivity index (χ2v) is 25.7. The van der Waals surface area contributed by atoms with Crippen molar-refractivity contribution < 1.29 is 15.0 Å². The Bertz CT molecular complexity index is 1290. The van der Waals surface area contributed by atoms with Crippen LogP contribution in [0.2, 0.25) is 0 Å². The maximum absolute atomic E-state index is 12.6. The lowest BCUT2D eigenvalue weighted by Crippen LogP contribution is -2.45. The first-order chi connectivity index (χ1) is 40.2. The van der Waals surface area contributed by atoms with Crippen LogP contribution in [0.15, 0.2) is 48.6 Å². The molecule has 0 rings (SSSR count). The van der Waals surface area contributed by atoms with Crippen molar-refractivity contribution in [2.45, 2.75) is 431 Å². The zero-order chi connectivity index (χ0) is 58.4. The fourth-order valence-corrected chi connectivity index (χ4v) is 12.0. The maximum atomic E-state index is 12.6. The molecule has 0 aliphatic heterocycles.